The Morgan fingerprint density at radius 3 is 2.15 bits per heavy atom. The molecule has 0 bridgehead atoms. The molecule has 0 spiro atoms. The molecule has 0 saturated carbocycles. The molecule has 0 aliphatic carbocycles. The first-order chi connectivity index (χ1) is 12.6. The molecule has 26 heavy (non-hydrogen) atoms. The number of rotatable bonds is 5. The van der Waals surface area contributed by atoms with E-state index in [-0.39, 0.29) is 23.5 Å². The average molecular weight is 348 g/mol. The fourth-order valence-corrected chi connectivity index (χ4v) is 2.74. The molecule has 0 aliphatic rings. The fraction of sp³-hybridized carbons (Fsp3) is 0.0909. The zero-order chi connectivity index (χ0) is 18.5. The SMILES string of the molecule is CCOC(=O)c1cccc(F)c1-c1ccc(C(=O)c2ccccc2)cc1. The van der Waals surface area contributed by atoms with E-state index in [1.54, 1.807) is 55.5 Å². The molecule has 0 atom stereocenters. The summed E-state index contributed by atoms with van der Waals surface area (Å²) in [6.07, 6.45) is 0. The maximum atomic E-state index is 14.4. The zero-order valence-electron chi connectivity index (χ0n) is 14.2. The lowest BCUT2D eigenvalue weighted by atomic mass is 9.96. The molecule has 0 aromatic heterocycles. The molecule has 0 unspecified atom stereocenters. The third-order valence-corrected chi connectivity index (χ3v) is 3.98. The van der Waals surface area contributed by atoms with Crippen LogP contribution in [0.3, 0.4) is 0 Å². The summed E-state index contributed by atoms with van der Waals surface area (Å²) in [6.45, 7) is 1.90. The first kappa shape index (κ1) is 17.5. The van der Waals surface area contributed by atoms with Crippen LogP contribution in [0, 0.1) is 5.82 Å². The van der Waals surface area contributed by atoms with Crippen molar-refractivity contribution in [3.63, 3.8) is 0 Å². The number of hydrogen-bond donors (Lipinski definition) is 0. The van der Waals surface area contributed by atoms with Gasteiger partial charge < -0.3 is 4.74 Å². The topological polar surface area (TPSA) is 43.4 Å². The highest BCUT2D eigenvalue weighted by Crippen LogP contribution is 2.28. The number of esters is 1. The summed E-state index contributed by atoms with van der Waals surface area (Å²) in [5, 5.41) is 0. The van der Waals surface area contributed by atoms with Gasteiger partial charge in [-0.1, -0.05) is 60.7 Å². The van der Waals surface area contributed by atoms with Gasteiger partial charge in [-0.3, -0.25) is 4.79 Å². The van der Waals surface area contributed by atoms with Crippen LogP contribution in [0.25, 0.3) is 11.1 Å². The van der Waals surface area contributed by atoms with Crippen LogP contribution in [-0.2, 0) is 4.74 Å². The lowest BCUT2D eigenvalue weighted by Crippen LogP contribution is -2.08. The van der Waals surface area contributed by atoms with E-state index in [0.29, 0.717) is 16.7 Å². The van der Waals surface area contributed by atoms with Gasteiger partial charge in [-0.25, -0.2) is 9.18 Å². The van der Waals surface area contributed by atoms with Crippen molar-refractivity contribution in [1.82, 2.24) is 0 Å². The molecule has 0 saturated heterocycles. The predicted octanol–water partition coefficient (Wildman–Crippen LogP) is 4.90. The van der Waals surface area contributed by atoms with Gasteiger partial charge in [0, 0.05) is 16.7 Å². The van der Waals surface area contributed by atoms with Crippen LogP contribution in [0.1, 0.15) is 33.2 Å². The summed E-state index contributed by atoms with van der Waals surface area (Å²) in [4.78, 5) is 24.6. The maximum absolute atomic E-state index is 14.4. The minimum absolute atomic E-state index is 0.115. The first-order valence-electron chi connectivity index (χ1n) is 8.27. The third-order valence-electron chi connectivity index (χ3n) is 3.98. The molecule has 3 rings (SSSR count). The van der Waals surface area contributed by atoms with E-state index in [1.807, 2.05) is 6.07 Å². The van der Waals surface area contributed by atoms with Crippen molar-refractivity contribution in [3.05, 3.63) is 95.3 Å². The highest BCUT2D eigenvalue weighted by Gasteiger charge is 2.18. The van der Waals surface area contributed by atoms with Gasteiger partial charge in [-0.15, -0.1) is 0 Å². The second kappa shape index (κ2) is 7.74. The Labute approximate surface area is 151 Å². The monoisotopic (exact) mass is 348 g/mol. The Morgan fingerprint density at radius 2 is 1.50 bits per heavy atom. The quantitative estimate of drug-likeness (QED) is 0.486. The number of carbonyl (C=O) groups excluding carboxylic acids is 2. The molecule has 4 heteroatoms. The van der Waals surface area contributed by atoms with Crippen LogP contribution in [0.4, 0.5) is 4.39 Å². The molecule has 130 valence electrons. The second-order valence-corrected chi connectivity index (χ2v) is 5.66. The normalized spacial score (nSPS) is 10.4. The Hall–Kier alpha value is -3.27. The number of benzene rings is 3. The molecule has 0 heterocycles. The smallest absolute Gasteiger partial charge is 0.338 e. The molecular weight excluding hydrogens is 331 g/mol. The molecule has 0 fully saturated rings. The Kier molecular flexibility index (Phi) is 5.23. The summed E-state index contributed by atoms with van der Waals surface area (Å²) in [5.74, 6) is -1.21. The standard InChI is InChI=1S/C22H17FO3/c1-2-26-22(25)18-9-6-10-19(23)20(18)15-11-13-17(14-12-15)21(24)16-7-4-3-5-8-16/h3-14H,2H2,1H3. The van der Waals surface area contributed by atoms with Crippen LogP contribution in [0.2, 0.25) is 0 Å². The molecule has 3 aromatic carbocycles. The first-order valence-corrected chi connectivity index (χ1v) is 8.27. The lowest BCUT2D eigenvalue weighted by Gasteiger charge is -2.11. The minimum atomic E-state index is -0.577. The number of ether oxygens (including phenoxy) is 1. The van der Waals surface area contributed by atoms with Gasteiger partial charge in [0.25, 0.3) is 0 Å². The van der Waals surface area contributed by atoms with E-state index in [9.17, 15) is 14.0 Å². The van der Waals surface area contributed by atoms with Gasteiger partial charge in [0.05, 0.1) is 12.2 Å². The summed E-state index contributed by atoms with van der Waals surface area (Å²) >= 11 is 0. The van der Waals surface area contributed by atoms with Gasteiger partial charge in [0.1, 0.15) is 5.82 Å². The molecule has 3 nitrogen and oxygen atoms in total. The van der Waals surface area contributed by atoms with Crippen molar-refractivity contribution in [2.75, 3.05) is 6.61 Å². The van der Waals surface area contributed by atoms with E-state index < -0.39 is 11.8 Å². The molecule has 0 aliphatic heterocycles. The van der Waals surface area contributed by atoms with Crippen LogP contribution < -0.4 is 0 Å². The summed E-state index contributed by atoms with van der Waals surface area (Å²) in [6, 6.07) is 19.7. The van der Waals surface area contributed by atoms with Crippen LogP contribution in [0.15, 0.2) is 72.8 Å². The summed E-state index contributed by atoms with van der Waals surface area (Å²) in [5.41, 5.74) is 1.92. The number of hydrogen-bond acceptors (Lipinski definition) is 3. The van der Waals surface area contributed by atoms with Crippen molar-refractivity contribution in [2.24, 2.45) is 0 Å². The Bertz CT molecular complexity index is 931. The van der Waals surface area contributed by atoms with Crippen molar-refractivity contribution < 1.29 is 18.7 Å². The number of halogens is 1. The van der Waals surface area contributed by atoms with E-state index in [1.165, 1.54) is 18.2 Å². The Balaban J connectivity index is 1.97. The predicted molar refractivity (Wildman–Crippen MR) is 97.7 cm³/mol. The molecule has 3 aromatic rings. The second-order valence-electron chi connectivity index (χ2n) is 5.66. The number of ketones is 1. The minimum Gasteiger partial charge on any atom is -0.462 e. The molecule has 0 radical (unpaired) electrons. The van der Waals surface area contributed by atoms with Gasteiger partial charge in [0.15, 0.2) is 5.78 Å². The van der Waals surface area contributed by atoms with E-state index in [4.69, 9.17) is 4.74 Å². The van der Waals surface area contributed by atoms with Crippen LogP contribution >= 0.6 is 0 Å². The summed E-state index contributed by atoms with van der Waals surface area (Å²) < 4.78 is 19.4. The Morgan fingerprint density at radius 1 is 0.846 bits per heavy atom. The fourth-order valence-electron chi connectivity index (χ4n) is 2.74. The van der Waals surface area contributed by atoms with Crippen molar-refractivity contribution in [3.8, 4) is 11.1 Å². The van der Waals surface area contributed by atoms with Crippen molar-refractivity contribution >= 4 is 11.8 Å². The van der Waals surface area contributed by atoms with Gasteiger partial charge in [-0.05, 0) is 24.6 Å². The number of carbonyl (C=O) groups is 2. The van der Waals surface area contributed by atoms with Gasteiger partial charge in [-0.2, -0.15) is 0 Å². The van der Waals surface area contributed by atoms with Gasteiger partial charge >= 0.3 is 5.97 Å². The van der Waals surface area contributed by atoms with Crippen molar-refractivity contribution in [2.45, 2.75) is 6.92 Å². The molecular formula is C22H17FO3. The third kappa shape index (κ3) is 3.54. The maximum Gasteiger partial charge on any atom is 0.338 e. The summed E-state index contributed by atoms with van der Waals surface area (Å²) in [7, 11) is 0. The molecule has 0 amide bonds. The highest BCUT2D eigenvalue weighted by molar-refractivity contribution is 6.09. The van der Waals surface area contributed by atoms with Gasteiger partial charge in [0.2, 0.25) is 0 Å². The van der Waals surface area contributed by atoms with Crippen LogP contribution in [-0.4, -0.2) is 18.4 Å². The average Bonchev–Trinajstić information content (AvgIpc) is 2.68. The van der Waals surface area contributed by atoms with E-state index >= 15 is 0 Å². The molecule has 0 N–H and O–H groups in total. The van der Waals surface area contributed by atoms with Crippen molar-refractivity contribution in [1.29, 1.82) is 0 Å². The largest absolute Gasteiger partial charge is 0.462 e. The zero-order valence-corrected chi connectivity index (χ0v) is 14.2. The van der Waals surface area contributed by atoms with E-state index in [2.05, 4.69) is 0 Å². The van der Waals surface area contributed by atoms with Crippen LogP contribution in [0.5, 0.6) is 0 Å². The lowest BCUT2D eigenvalue weighted by molar-refractivity contribution is 0.0526. The highest BCUT2D eigenvalue weighted by atomic mass is 19.1. The van der Waals surface area contributed by atoms with E-state index in [0.717, 1.165) is 0 Å².